The van der Waals surface area contributed by atoms with Gasteiger partial charge in [0.2, 0.25) is 0 Å². The predicted octanol–water partition coefficient (Wildman–Crippen LogP) is 3.92. The second-order valence-corrected chi connectivity index (χ2v) is 11.2. The maximum absolute atomic E-state index is 10.8. The summed E-state index contributed by atoms with van der Waals surface area (Å²) in [5, 5.41) is 2.72. The quantitative estimate of drug-likeness (QED) is 0.544. The Morgan fingerprint density at radius 2 is 1.58 bits per heavy atom. The lowest BCUT2D eigenvalue weighted by Crippen LogP contribution is -2.40. The standard InChI is InChI=1S/C14H31NO3Si/c1-14(2,3)19(5,6)18-12-10-8-7-9-11-17-13(16)15-4/h7-12H2,1-6H3,(H,15,16). The van der Waals surface area contributed by atoms with Crippen LogP contribution in [0, 0.1) is 0 Å². The minimum atomic E-state index is -1.58. The van der Waals surface area contributed by atoms with Crippen molar-refractivity contribution in [2.45, 2.75) is 64.6 Å². The Labute approximate surface area is 119 Å². The van der Waals surface area contributed by atoms with Crippen LogP contribution in [-0.2, 0) is 9.16 Å². The number of rotatable bonds is 8. The van der Waals surface area contributed by atoms with Gasteiger partial charge in [0.25, 0.3) is 0 Å². The minimum Gasteiger partial charge on any atom is -0.450 e. The van der Waals surface area contributed by atoms with E-state index in [4.69, 9.17) is 9.16 Å². The van der Waals surface area contributed by atoms with E-state index in [1.54, 1.807) is 7.05 Å². The normalized spacial score (nSPS) is 12.3. The van der Waals surface area contributed by atoms with Gasteiger partial charge in [0.05, 0.1) is 6.61 Å². The van der Waals surface area contributed by atoms with Crippen molar-refractivity contribution in [1.82, 2.24) is 5.32 Å². The van der Waals surface area contributed by atoms with Crippen LogP contribution in [0.1, 0.15) is 46.5 Å². The van der Waals surface area contributed by atoms with Crippen molar-refractivity contribution in [1.29, 1.82) is 0 Å². The van der Waals surface area contributed by atoms with Crippen LogP contribution in [0.25, 0.3) is 0 Å². The molecule has 5 heteroatoms. The average molecular weight is 289 g/mol. The molecule has 0 fully saturated rings. The first-order chi connectivity index (χ1) is 8.70. The third-order valence-electron chi connectivity index (χ3n) is 3.75. The molecule has 0 heterocycles. The fraction of sp³-hybridized carbons (Fsp3) is 0.929. The molecule has 0 saturated carbocycles. The topological polar surface area (TPSA) is 47.6 Å². The maximum Gasteiger partial charge on any atom is 0.406 e. The molecule has 0 aliphatic carbocycles. The first-order valence-electron chi connectivity index (χ1n) is 7.19. The lowest BCUT2D eigenvalue weighted by Gasteiger charge is -2.36. The molecule has 0 unspecified atom stereocenters. The van der Waals surface area contributed by atoms with Crippen LogP contribution in [-0.4, -0.2) is 34.7 Å². The number of hydrogen-bond donors (Lipinski definition) is 1. The summed E-state index contributed by atoms with van der Waals surface area (Å²) in [4.78, 5) is 10.8. The Bertz CT molecular complexity index is 262. The van der Waals surface area contributed by atoms with Gasteiger partial charge in [0.1, 0.15) is 0 Å². The summed E-state index contributed by atoms with van der Waals surface area (Å²) in [6.45, 7) is 12.7. The second kappa shape index (κ2) is 8.58. The Hall–Kier alpha value is -0.553. The number of ether oxygens (including phenoxy) is 1. The summed E-state index contributed by atoms with van der Waals surface area (Å²) in [5.74, 6) is 0. The van der Waals surface area contributed by atoms with Gasteiger partial charge in [-0.05, 0) is 37.4 Å². The van der Waals surface area contributed by atoms with Crippen LogP contribution in [0.4, 0.5) is 4.79 Å². The number of nitrogens with one attached hydrogen (secondary N) is 1. The van der Waals surface area contributed by atoms with E-state index < -0.39 is 8.32 Å². The summed E-state index contributed by atoms with van der Waals surface area (Å²) < 4.78 is 11.0. The van der Waals surface area contributed by atoms with Crippen molar-refractivity contribution in [3.8, 4) is 0 Å². The molecule has 0 aromatic heterocycles. The van der Waals surface area contributed by atoms with E-state index in [0.29, 0.717) is 6.61 Å². The molecular weight excluding hydrogens is 258 g/mol. The zero-order chi connectivity index (χ0) is 14.9. The van der Waals surface area contributed by atoms with E-state index in [2.05, 4.69) is 39.2 Å². The van der Waals surface area contributed by atoms with E-state index >= 15 is 0 Å². The second-order valence-electron chi connectivity index (χ2n) is 6.41. The highest BCUT2D eigenvalue weighted by atomic mass is 28.4. The Balaban J connectivity index is 3.49. The van der Waals surface area contributed by atoms with Crippen LogP contribution >= 0.6 is 0 Å². The summed E-state index contributed by atoms with van der Waals surface area (Å²) in [6.07, 6.45) is 3.88. The van der Waals surface area contributed by atoms with Gasteiger partial charge in [0, 0.05) is 13.7 Å². The van der Waals surface area contributed by atoms with Crippen LogP contribution < -0.4 is 5.32 Å². The lowest BCUT2D eigenvalue weighted by atomic mass is 10.2. The SMILES string of the molecule is CNC(=O)OCCCCCCO[Si](C)(C)C(C)(C)C. The first-order valence-corrected chi connectivity index (χ1v) is 10.1. The Morgan fingerprint density at radius 1 is 1.05 bits per heavy atom. The monoisotopic (exact) mass is 289 g/mol. The van der Waals surface area contributed by atoms with Crippen LogP contribution in [0.15, 0.2) is 0 Å². The molecule has 0 saturated heterocycles. The third kappa shape index (κ3) is 8.26. The molecule has 19 heavy (non-hydrogen) atoms. The molecule has 0 radical (unpaired) electrons. The van der Waals surface area contributed by atoms with Crippen molar-refractivity contribution in [2.24, 2.45) is 0 Å². The van der Waals surface area contributed by atoms with Crippen molar-refractivity contribution >= 4 is 14.4 Å². The van der Waals surface area contributed by atoms with Crippen LogP contribution in [0.3, 0.4) is 0 Å². The van der Waals surface area contributed by atoms with Gasteiger partial charge >= 0.3 is 6.09 Å². The Kier molecular flexibility index (Phi) is 8.33. The van der Waals surface area contributed by atoms with Gasteiger partial charge in [-0.3, -0.25) is 0 Å². The highest BCUT2D eigenvalue weighted by Crippen LogP contribution is 2.36. The van der Waals surface area contributed by atoms with Gasteiger partial charge in [-0.15, -0.1) is 0 Å². The minimum absolute atomic E-state index is 0.286. The molecule has 0 bridgehead atoms. The largest absolute Gasteiger partial charge is 0.450 e. The highest BCUT2D eigenvalue weighted by molar-refractivity contribution is 6.74. The fourth-order valence-electron chi connectivity index (χ4n) is 1.34. The van der Waals surface area contributed by atoms with Crippen LogP contribution in [0.5, 0.6) is 0 Å². The molecule has 0 aromatic carbocycles. The van der Waals surface area contributed by atoms with E-state index in [9.17, 15) is 4.79 Å². The molecule has 0 aromatic rings. The summed E-state index contributed by atoms with van der Waals surface area (Å²) in [6, 6.07) is 0. The van der Waals surface area contributed by atoms with Crippen molar-refractivity contribution in [2.75, 3.05) is 20.3 Å². The summed E-state index contributed by atoms with van der Waals surface area (Å²) in [7, 11) is -0.00776. The number of unbranched alkanes of at least 4 members (excludes halogenated alkanes) is 3. The van der Waals surface area contributed by atoms with E-state index in [-0.39, 0.29) is 11.1 Å². The number of amides is 1. The van der Waals surface area contributed by atoms with E-state index in [0.717, 1.165) is 32.3 Å². The zero-order valence-electron chi connectivity index (χ0n) is 13.5. The molecule has 1 amide bonds. The van der Waals surface area contributed by atoms with Gasteiger partial charge < -0.3 is 14.5 Å². The van der Waals surface area contributed by atoms with Crippen LogP contribution in [0.2, 0.25) is 18.1 Å². The third-order valence-corrected chi connectivity index (χ3v) is 8.28. The van der Waals surface area contributed by atoms with E-state index in [1.165, 1.54) is 0 Å². The van der Waals surface area contributed by atoms with Crippen molar-refractivity contribution < 1.29 is 14.0 Å². The molecule has 114 valence electrons. The number of hydrogen-bond acceptors (Lipinski definition) is 3. The summed E-state index contributed by atoms with van der Waals surface area (Å²) >= 11 is 0. The van der Waals surface area contributed by atoms with Gasteiger partial charge in [-0.2, -0.15) is 0 Å². The average Bonchev–Trinajstić information content (AvgIpc) is 2.30. The number of carbonyl (C=O) groups excluding carboxylic acids is 1. The van der Waals surface area contributed by atoms with Gasteiger partial charge in [-0.1, -0.05) is 27.2 Å². The predicted molar refractivity (Wildman–Crippen MR) is 82.0 cm³/mol. The molecule has 0 aliphatic heterocycles. The Morgan fingerprint density at radius 3 is 2.05 bits per heavy atom. The van der Waals surface area contributed by atoms with Gasteiger partial charge in [0.15, 0.2) is 8.32 Å². The molecule has 0 atom stereocenters. The lowest BCUT2D eigenvalue weighted by molar-refractivity contribution is 0.146. The number of carbonyl (C=O) groups is 1. The molecule has 0 aliphatic rings. The van der Waals surface area contributed by atoms with Crippen molar-refractivity contribution in [3.63, 3.8) is 0 Å². The first kappa shape index (κ1) is 18.4. The molecular formula is C14H31NO3Si. The maximum atomic E-state index is 10.8. The number of alkyl carbamates (subject to hydrolysis) is 1. The zero-order valence-corrected chi connectivity index (χ0v) is 14.5. The summed E-state index contributed by atoms with van der Waals surface area (Å²) in [5.41, 5.74) is 0. The molecule has 0 rings (SSSR count). The molecule has 0 spiro atoms. The highest BCUT2D eigenvalue weighted by Gasteiger charge is 2.36. The molecule has 4 nitrogen and oxygen atoms in total. The smallest absolute Gasteiger partial charge is 0.406 e. The van der Waals surface area contributed by atoms with Gasteiger partial charge in [-0.25, -0.2) is 4.79 Å². The van der Waals surface area contributed by atoms with Crippen molar-refractivity contribution in [3.05, 3.63) is 0 Å². The fourth-order valence-corrected chi connectivity index (χ4v) is 2.43. The van der Waals surface area contributed by atoms with E-state index in [1.807, 2.05) is 0 Å². The molecule has 1 N–H and O–H groups in total.